The van der Waals surface area contributed by atoms with Crippen molar-refractivity contribution >= 4 is 11.7 Å². The number of carboxylic acid groups (broad SMARTS) is 1. The van der Waals surface area contributed by atoms with Gasteiger partial charge in [0.15, 0.2) is 0 Å². The molecule has 0 aliphatic carbocycles. The molecule has 1 atom stereocenters. The van der Waals surface area contributed by atoms with Gasteiger partial charge in [-0.2, -0.15) is 26.3 Å². The van der Waals surface area contributed by atoms with E-state index in [1.54, 1.807) is 0 Å². The maximum atomic E-state index is 12.6. The summed E-state index contributed by atoms with van der Waals surface area (Å²) >= 11 is 0. The molecule has 2 N–H and O–H groups in total. The summed E-state index contributed by atoms with van der Waals surface area (Å²) in [6.07, 6.45) is -10.5. The predicted octanol–water partition coefficient (Wildman–Crippen LogP) is 4.16. The zero-order chi connectivity index (χ0) is 16.4. The number of anilines is 1. The van der Waals surface area contributed by atoms with Crippen LogP contribution in [-0.4, -0.2) is 23.3 Å². The molecule has 118 valence electrons. The van der Waals surface area contributed by atoms with E-state index >= 15 is 0 Å². The molecule has 0 spiro atoms. The summed E-state index contributed by atoms with van der Waals surface area (Å²) in [6, 6.07) is 0.968. The summed E-state index contributed by atoms with van der Waals surface area (Å²) in [5.41, 5.74) is -2.51. The van der Waals surface area contributed by atoms with Crippen LogP contribution in [0.4, 0.5) is 32.0 Å². The molecule has 3 nitrogen and oxygen atoms in total. The second-order valence-electron chi connectivity index (χ2n) is 4.43. The molecule has 0 aliphatic heterocycles. The minimum Gasteiger partial charge on any atom is -0.478 e. The third-order valence-corrected chi connectivity index (χ3v) is 2.51. The summed E-state index contributed by atoms with van der Waals surface area (Å²) in [5, 5.41) is 11.1. The Labute approximate surface area is 115 Å². The van der Waals surface area contributed by atoms with Crippen molar-refractivity contribution in [2.75, 3.05) is 5.32 Å². The fraction of sp³-hybridized carbons (Fsp3) is 0.417. The van der Waals surface area contributed by atoms with Crippen LogP contribution in [0.25, 0.3) is 0 Å². The van der Waals surface area contributed by atoms with E-state index in [0.29, 0.717) is 12.1 Å². The minimum atomic E-state index is -4.86. The van der Waals surface area contributed by atoms with Crippen LogP contribution >= 0.6 is 0 Å². The number of rotatable bonds is 4. The molecule has 0 radical (unpaired) electrons. The molecule has 0 saturated heterocycles. The fourth-order valence-electron chi connectivity index (χ4n) is 1.74. The maximum Gasteiger partial charge on any atom is 0.417 e. The van der Waals surface area contributed by atoms with E-state index in [4.69, 9.17) is 5.11 Å². The van der Waals surface area contributed by atoms with Gasteiger partial charge in [0.25, 0.3) is 0 Å². The molecule has 1 unspecified atom stereocenters. The molecule has 0 aliphatic rings. The molecular weight excluding hydrogens is 304 g/mol. The van der Waals surface area contributed by atoms with E-state index in [-0.39, 0.29) is 5.69 Å². The number of benzene rings is 1. The predicted molar refractivity (Wildman–Crippen MR) is 62.2 cm³/mol. The molecule has 0 aromatic heterocycles. The summed E-state index contributed by atoms with van der Waals surface area (Å²) in [4.78, 5) is 10.8. The van der Waals surface area contributed by atoms with Gasteiger partial charge in [0, 0.05) is 11.7 Å². The Morgan fingerprint density at radius 2 is 1.81 bits per heavy atom. The number of carbonyl (C=O) groups is 1. The van der Waals surface area contributed by atoms with Crippen LogP contribution in [0.5, 0.6) is 0 Å². The van der Waals surface area contributed by atoms with E-state index in [1.165, 1.54) is 6.92 Å². The highest BCUT2D eigenvalue weighted by Crippen LogP contribution is 2.33. The third kappa shape index (κ3) is 5.16. The van der Waals surface area contributed by atoms with Crippen LogP contribution in [0.1, 0.15) is 29.3 Å². The average Bonchev–Trinajstić information content (AvgIpc) is 2.24. The van der Waals surface area contributed by atoms with Gasteiger partial charge in [-0.1, -0.05) is 0 Å². The molecule has 0 saturated carbocycles. The third-order valence-electron chi connectivity index (χ3n) is 2.51. The first-order chi connectivity index (χ1) is 9.40. The average molecular weight is 315 g/mol. The monoisotopic (exact) mass is 315 g/mol. The Morgan fingerprint density at radius 3 is 2.24 bits per heavy atom. The summed E-state index contributed by atoms with van der Waals surface area (Å²) in [7, 11) is 0. The number of halogens is 6. The molecule has 1 aromatic carbocycles. The van der Waals surface area contributed by atoms with Crippen LogP contribution in [0.2, 0.25) is 0 Å². The zero-order valence-corrected chi connectivity index (χ0v) is 10.6. The lowest BCUT2D eigenvalue weighted by atomic mass is 10.1. The molecule has 9 heteroatoms. The summed E-state index contributed by atoms with van der Waals surface area (Å²) < 4.78 is 74.2. The lowest BCUT2D eigenvalue weighted by molar-refractivity contribution is -0.138. The molecule has 21 heavy (non-hydrogen) atoms. The highest BCUT2D eigenvalue weighted by Gasteiger charge is 2.35. The number of hydrogen-bond donors (Lipinski definition) is 2. The van der Waals surface area contributed by atoms with Crippen molar-refractivity contribution in [3.05, 3.63) is 29.3 Å². The number of hydrogen-bond acceptors (Lipinski definition) is 2. The minimum absolute atomic E-state index is 0.128. The van der Waals surface area contributed by atoms with Crippen LogP contribution in [-0.2, 0) is 6.18 Å². The highest BCUT2D eigenvalue weighted by molar-refractivity contribution is 5.91. The van der Waals surface area contributed by atoms with Crippen LogP contribution in [0, 0.1) is 0 Å². The Hall–Kier alpha value is -1.93. The van der Waals surface area contributed by atoms with Crippen LogP contribution in [0.15, 0.2) is 18.2 Å². The number of nitrogens with one attached hydrogen (secondary N) is 1. The lowest BCUT2D eigenvalue weighted by Crippen LogP contribution is -2.24. The van der Waals surface area contributed by atoms with Gasteiger partial charge in [0.2, 0.25) is 0 Å². The molecule has 0 fully saturated rings. The zero-order valence-electron chi connectivity index (χ0n) is 10.6. The quantitative estimate of drug-likeness (QED) is 0.820. The van der Waals surface area contributed by atoms with Crippen molar-refractivity contribution in [3.63, 3.8) is 0 Å². The van der Waals surface area contributed by atoms with Crippen molar-refractivity contribution in [3.8, 4) is 0 Å². The highest BCUT2D eigenvalue weighted by atomic mass is 19.4. The first-order valence-corrected chi connectivity index (χ1v) is 5.68. The van der Waals surface area contributed by atoms with Gasteiger partial charge in [-0.3, -0.25) is 0 Å². The van der Waals surface area contributed by atoms with E-state index in [9.17, 15) is 31.1 Å². The lowest BCUT2D eigenvalue weighted by Gasteiger charge is -2.18. The Bertz CT molecular complexity index is 523. The maximum absolute atomic E-state index is 12.6. The molecule has 0 amide bonds. The second-order valence-corrected chi connectivity index (χ2v) is 4.43. The Balaban J connectivity index is 3.02. The van der Waals surface area contributed by atoms with Crippen molar-refractivity contribution in [2.45, 2.75) is 31.7 Å². The first kappa shape index (κ1) is 17.1. The SMILES string of the molecule is CC(CC(F)(F)F)Nc1ccc(C(F)(F)F)c(C(=O)O)c1. The first-order valence-electron chi connectivity index (χ1n) is 5.68. The van der Waals surface area contributed by atoms with Crippen LogP contribution < -0.4 is 5.32 Å². The largest absolute Gasteiger partial charge is 0.478 e. The Kier molecular flexibility index (Phi) is 4.75. The van der Waals surface area contributed by atoms with Gasteiger partial charge in [-0.25, -0.2) is 4.79 Å². The van der Waals surface area contributed by atoms with Gasteiger partial charge in [-0.15, -0.1) is 0 Å². The number of carboxylic acids is 1. The molecule has 1 aromatic rings. The van der Waals surface area contributed by atoms with Gasteiger partial charge in [0.1, 0.15) is 0 Å². The van der Waals surface area contributed by atoms with Crippen molar-refractivity contribution < 1.29 is 36.2 Å². The standard InChI is InChI=1S/C12H11F6NO2/c1-6(5-11(13,14)15)19-7-2-3-9(12(16,17)18)8(4-7)10(20)21/h2-4,6,19H,5H2,1H3,(H,20,21). The van der Waals surface area contributed by atoms with Crippen molar-refractivity contribution in [1.29, 1.82) is 0 Å². The normalized spacial score (nSPS) is 13.9. The fourth-order valence-corrected chi connectivity index (χ4v) is 1.74. The van der Waals surface area contributed by atoms with Gasteiger partial charge >= 0.3 is 18.3 Å². The topological polar surface area (TPSA) is 49.3 Å². The second kappa shape index (κ2) is 5.82. The van der Waals surface area contributed by atoms with Crippen molar-refractivity contribution in [1.82, 2.24) is 0 Å². The van der Waals surface area contributed by atoms with E-state index in [1.807, 2.05) is 0 Å². The van der Waals surface area contributed by atoms with Gasteiger partial charge in [0.05, 0.1) is 17.5 Å². The van der Waals surface area contributed by atoms with E-state index in [0.717, 1.165) is 6.07 Å². The Morgan fingerprint density at radius 1 is 1.24 bits per heavy atom. The van der Waals surface area contributed by atoms with E-state index < -0.39 is 41.9 Å². The summed E-state index contributed by atoms with van der Waals surface area (Å²) in [5.74, 6) is -1.81. The molecule has 1 rings (SSSR count). The number of aromatic carboxylic acids is 1. The van der Waals surface area contributed by atoms with Crippen LogP contribution in [0.3, 0.4) is 0 Å². The van der Waals surface area contributed by atoms with Gasteiger partial charge < -0.3 is 10.4 Å². The van der Waals surface area contributed by atoms with Gasteiger partial charge in [-0.05, 0) is 25.1 Å². The van der Waals surface area contributed by atoms with E-state index in [2.05, 4.69) is 5.32 Å². The van der Waals surface area contributed by atoms with Crippen molar-refractivity contribution in [2.24, 2.45) is 0 Å². The molecule has 0 heterocycles. The molecule has 0 bridgehead atoms. The number of alkyl halides is 6. The molecular formula is C12H11F6NO2. The summed E-state index contributed by atoms with van der Waals surface area (Å²) in [6.45, 7) is 1.19. The smallest absolute Gasteiger partial charge is 0.417 e.